The quantitative estimate of drug-likeness (QED) is 0.901. The number of carbonyl (C=O) groups excluding carboxylic acids is 1. The van der Waals surface area contributed by atoms with E-state index in [1.807, 2.05) is 6.92 Å². The molecule has 2 N–H and O–H groups in total. The molecule has 0 radical (unpaired) electrons. The molecule has 0 aliphatic rings. The molecule has 5 heteroatoms. The number of hydrogen-bond donors (Lipinski definition) is 2. The number of amides is 1. The monoisotopic (exact) mass is 275 g/mol. The number of rotatable bonds is 4. The standard InChI is InChI=1S/C15H14FNO3/c1-2-20-12-5-3-4-11(9-12)17-15(19)13-7-6-10(16)8-14(13)18/h3-9,18H,2H2,1H3,(H,17,19). The first kappa shape index (κ1) is 13.9. The number of ether oxygens (including phenoxy) is 1. The minimum Gasteiger partial charge on any atom is -0.507 e. The molecule has 1 amide bonds. The molecule has 0 aliphatic carbocycles. The highest BCUT2D eigenvalue weighted by Crippen LogP contribution is 2.21. The summed E-state index contributed by atoms with van der Waals surface area (Å²) in [5.74, 6) is -0.884. The second-order valence-electron chi connectivity index (χ2n) is 4.08. The number of nitrogens with one attached hydrogen (secondary N) is 1. The summed E-state index contributed by atoms with van der Waals surface area (Å²) in [5, 5.41) is 12.2. The maximum atomic E-state index is 12.9. The molecule has 0 aromatic heterocycles. The third kappa shape index (κ3) is 3.26. The average Bonchev–Trinajstić information content (AvgIpc) is 2.39. The van der Waals surface area contributed by atoms with E-state index in [1.165, 1.54) is 6.07 Å². The third-order valence-corrected chi connectivity index (χ3v) is 2.61. The lowest BCUT2D eigenvalue weighted by molar-refractivity contribution is 0.102. The molecule has 2 aromatic rings. The Morgan fingerprint density at radius 1 is 1.30 bits per heavy atom. The number of anilines is 1. The fourth-order valence-electron chi connectivity index (χ4n) is 1.73. The number of aromatic hydroxyl groups is 1. The van der Waals surface area contributed by atoms with E-state index in [2.05, 4.69) is 5.32 Å². The highest BCUT2D eigenvalue weighted by molar-refractivity contribution is 6.06. The summed E-state index contributed by atoms with van der Waals surface area (Å²) in [5.41, 5.74) is 0.540. The van der Waals surface area contributed by atoms with Gasteiger partial charge in [0.15, 0.2) is 0 Å². The molecule has 4 nitrogen and oxygen atoms in total. The van der Waals surface area contributed by atoms with E-state index in [9.17, 15) is 14.3 Å². The van der Waals surface area contributed by atoms with Crippen LogP contribution in [0.25, 0.3) is 0 Å². The maximum Gasteiger partial charge on any atom is 0.259 e. The SMILES string of the molecule is CCOc1cccc(NC(=O)c2ccc(F)cc2O)c1. The lowest BCUT2D eigenvalue weighted by Gasteiger charge is -2.09. The summed E-state index contributed by atoms with van der Waals surface area (Å²) < 4.78 is 18.2. The van der Waals surface area contributed by atoms with Crippen LogP contribution >= 0.6 is 0 Å². The molecule has 104 valence electrons. The molecule has 0 unspecified atom stereocenters. The Morgan fingerprint density at radius 2 is 2.10 bits per heavy atom. The molecule has 0 aliphatic heterocycles. The van der Waals surface area contributed by atoms with Crippen molar-refractivity contribution in [2.75, 3.05) is 11.9 Å². The minimum atomic E-state index is -0.600. The fraction of sp³-hybridized carbons (Fsp3) is 0.133. The van der Waals surface area contributed by atoms with Gasteiger partial charge in [-0.15, -0.1) is 0 Å². The lowest BCUT2D eigenvalue weighted by atomic mass is 10.1. The van der Waals surface area contributed by atoms with Crippen LogP contribution in [0, 0.1) is 5.82 Å². The van der Waals surface area contributed by atoms with Crippen LogP contribution < -0.4 is 10.1 Å². The zero-order chi connectivity index (χ0) is 14.5. The van der Waals surface area contributed by atoms with E-state index in [0.717, 1.165) is 12.1 Å². The number of benzene rings is 2. The van der Waals surface area contributed by atoms with Crippen LogP contribution in [-0.2, 0) is 0 Å². The molecule has 0 saturated heterocycles. The van der Waals surface area contributed by atoms with Gasteiger partial charge in [0, 0.05) is 17.8 Å². The number of halogens is 1. The second-order valence-corrected chi connectivity index (χ2v) is 4.08. The third-order valence-electron chi connectivity index (χ3n) is 2.61. The van der Waals surface area contributed by atoms with E-state index in [1.54, 1.807) is 24.3 Å². The van der Waals surface area contributed by atoms with Crippen LogP contribution in [0.1, 0.15) is 17.3 Å². The van der Waals surface area contributed by atoms with Gasteiger partial charge in [-0.1, -0.05) is 6.07 Å². The van der Waals surface area contributed by atoms with Gasteiger partial charge >= 0.3 is 0 Å². The first-order valence-corrected chi connectivity index (χ1v) is 6.13. The van der Waals surface area contributed by atoms with Crippen molar-refractivity contribution in [1.29, 1.82) is 0 Å². The van der Waals surface area contributed by atoms with Crippen LogP contribution in [0.3, 0.4) is 0 Å². The highest BCUT2D eigenvalue weighted by atomic mass is 19.1. The molecule has 0 spiro atoms. The van der Waals surface area contributed by atoms with E-state index >= 15 is 0 Å². The summed E-state index contributed by atoms with van der Waals surface area (Å²) >= 11 is 0. The summed E-state index contributed by atoms with van der Waals surface area (Å²) in [4.78, 5) is 12.0. The summed E-state index contributed by atoms with van der Waals surface area (Å²) in [6.45, 7) is 2.39. The summed E-state index contributed by atoms with van der Waals surface area (Å²) in [7, 11) is 0. The van der Waals surface area contributed by atoms with Crippen molar-refractivity contribution in [2.24, 2.45) is 0 Å². The number of phenolic OH excluding ortho intramolecular Hbond substituents is 1. The molecule has 0 saturated carbocycles. The average molecular weight is 275 g/mol. The Bertz CT molecular complexity index is 628. The van der Waals surface area contributed by atoms with Gasteiger partial charge < -0.3 is 15.2 Å². The Hall–Kier alpha value is -2.56. The van der Waals surface area contributed by atoms with E-state index in [-0.39, 0.29) is 5.56 Å². The van der Waals surface area contributed by atoms with Crippen molar-refractivity contribution in [3.63, 3.8) is 0 Å². The second kappa shape index (κ2) is 6.06. The van der Waals surface area contributed by atoms with Gasteiger partial charge in [0.1, 0.15) is 17.3 Å². The first-order chi connectivity index (χ1) is 9.60. The van der Waals surface area contributed by atoms with Crippen molar-refractivity contribution in [3.05, 3.63) is 53.8 Å². The molecule has 0 bridgehead atoms. The van der Waals surface area contributed by atoms with Crippen LogP contribution in [0.4, 0.5) is 10.1 Å². The van der Waals surface area contributed by atoms with Crippen LogP contribution in [-0.4, -0.2) is 17.6 Å². The predicted molar refractivity (Wildman–Crippen MR) is 73.6 cm³/mol. The van der Waals surface area contributed by atoms with Crippen molar-refractivity contribution >= 4 is 11.6 Å². The van der Waals surface area contributed by atoms with Gasteiger partial charge in [-0.25, -0.2) is 4.39 Å². The predicted octanol–water partition coefficient (Wildman–Crippen LogP) is 3.18. The van der Waals surface area contributed by atoms with Gasteiger partial charge in [-0.3, -0.25) is 4.79 Å². The number of carbonyl (C=O) groups is 1. The smallest absolute Gasteiger partial charge is 0.259 e. The van der Waals surface area contributed by atoms with E-state index in [0.29, 0.717) is 18.0 Å². The zero-order valence-corrected chi connectivity index (χ0v) is 10.9. The lowest BCUT2D eigenvalue weighted by Crippen LogP contribution is -2.12. The van der Waals surface area contributed by atoms with Crippen LogP contribution in [0.15, 0.2) is 42.5 Å². The maximum absolute atomic E-state index is 12.9. The van der Waals surface area contributed by atoms with Gasteiger partial charge in [0.05, 0.1) is 12.2 Å². The molecule has 20 heavy (non-hydrogen) atoms. The Labute approximate surface area is 115 Å². The topological polar surface area (TPSA) is 58.6 Å². The van der Waals surface area contributed by atoms with Gasteiger partial charge in [0.2, 0.25) is 0 Å². The van der Waals surface area contributed by atoms with Crippen molar-refractivity contribution in [2.45, 2.75) is 6.92 Å². The molecular formula is C15H14FNO3. The fourth-order valence-corrected chi connectivity index (χ4v) is 1.73. The minimum absolute atomic E-state index is 0.00760. The van der Waals surface area contributed by atoms with E-state index < -0.39 is 17.5 Å². The normalized spacial score (nSPS) is 10.1. The molecule has 0 fully saturated rings. The largest absolute Gasteiger partial charge is 0.507 e. The van der Waals surface area contributed by atoms with Gasteiger partial charge in [0.25, 0.3) is 5.91 Å². The van der Waals surface area contributed by atoms with E-state index in [4.69, 9.17) is 4.74 Å². The molecular weight excluding hydrogens is 261 g/mol. The van der Waals surface area contributed by atoms with Crippen molar-refractivity contribution < 1.29 is 19.0 Å². The molecule has 0 atom stereocenters. The number of hydrogen-bond acceptors (Lipinski definition) is 3. The molecule has 0 heterocycles. The Balaban J connectivity index is 2.17. The Kier molecular flexibility index (Phi) is 4.20. The van der Waals surface area contributed by atoms with Crippen molar-refractivity contribution in [1.82, 2.24) is 0 Å². The van der Waals surface area contributed by atoms with Crippen molar-refractivity contribution in [3.8, 4) is 11.5 Å². The van der Waals surface area contributed by atoms with Crippen LogP contribution in [0.2, 0.25) is 0 Å². The number of phenols is 1. The summed E-state index contributed by atoms with van der Waals surface area (Å²) in [6.07, 6.45) is 0. The Morgan fingerprint density at radius 3 is 2.80 bits per heavy atom. The summed E-state index contributed by atoms with van der Waals surface area (Å²) in [6, 6.07) is 10.1. The van der Waals surface area contributed by atoms with Gasteiger partial charge in [-0.2, -0.15) is 0 Å². The highest BCUT2D eigenvalue weighted by Gasteiger charge is 2.12. The molecule has 2 aromatic carbocycles. The van der Waals surface area contributed by atoms with Crippen LogP contribution in [0.5, 0.6) is 11.5 Å². The first-order valence-electron chi connectivity index (χ1n) is 6.13. The molecule has 2 rings (SSSR count). The van der Waals surface area contributed by atoms with Gasteiger partial charge in [-0.05, 0) is 31.2 Å². The zero-order valence-electron chi connectivity index (χ0n) is 10.9.